The van der Waals surface area contributed by atoms with Crippen molar-refractivity contribution in [2.24, 2.45) is 0 Å². The van der Waals surface area contributed by atoms with Crippen LogP contribution in [0.3, 0.4) is 0 Å². The van der Waals surface area contributed by atoms with Crippen LogP contribution in [0.4, 0.5) is 14.5 Å². The second-order valence-electron chi connectivity index (χ2n) is 4.84. The van der Waals surface area contributed by atoms with Crippen LogP contribution >= 0.6 is 11.8 Å². The lowest BCUT2D eigenvalue weighted by Crippen LogP contribution is -2.07. The molecule has 1 N–H and O–H groups in total. The molecule has 0 atom stereocenters. The van der Waals surface area contributed by atoms with Crippen molar-refractivity contribution in [3.63, 3.8) is 0 Å². The summed E-state index contributed by atoms with van der Waals surface area (Å²) in [6.07, 6.45) is 4.87. The fraction of sp³-hybridized carbons (Fsp3) is 0.167. The lowest BCUT2D eigenvalue weighted by molar-refractivity contribution is -0.111. The van der Waals surface area contributed by atoms with Gasteiger partial charge in [0.2, 0.25) is 5.91 Å². The number of hydrogen-bond acceptors (Lipinski definition) is 4. The Kier molecular flexibility index (Phi) is 6.82. The maximum Gasteiger partial charge on any atom is 0.387 e. The molecule has 2 rings (SSSR count). The van der Waals surface area contributed by atoms with Gasteiger partial charge in [-0.2, -0.15) is 8.78 Å². The molecule has 0 aliphatic carbocycles. The Morgan fingerprint density at radius 1 is 1.20 bits per heavy atom. The molecule has 0 aliphatic rings. The number of amides is 1. The molecule has 7 heteroatoms. The summed E-state index contributed by atoms with van der Waals surface area (Å²) in [6.45, 7) is -2.93. The maximum atomic E-state index is 12.3. The van der Waals surface area contributed by atoms with E-state index in [2.05, 4.69) is 10.1 Å². The summed E-state index contributed by atoms with van der Waals surface area (Å²) in [5.41, 5.74) is 1.31. The fourth-order valence-electron chi connectivity index (χ4n) is 2.04. The SMILES string of the molecule is COc1cc(C=CC(=O)Nc2cccc(SC)c2)ccc1OC(F)F. The van der Waals surface area contributed by atoms with Crippen LogP contribution in [-0.2, 0) is 4.79 Å². The molecule has 0 saturated heterocycles. The molecule has 0 aliphatic heterocycles. The van der Waals surface area contributed by atoms with E-state index in [0.29, 0.717) is 11.3 Å². The van der Waals surface area contributed by atoms with Gasteiger partial charge in [-0.25, -0.2) is 0 Å². The van der Waals surface area contributed by atoms with E-state index >= 15 is 0 Å². The van der Waals surface area contributed by atoms with Crippen molar-refractivity contribution in [3.05, 3.63) is 54.1 Å². The number of methoxy groups -OCH3 is 1. The summed E-state index contributed by atoms with van der Waals surface area (Å²) in [6, 6.07) is 11.9. The molecule has 0 aromatic heterocycles. The number of halogens is 2. The Labute approximate surface area is 148 Å². The summed E-state index contributed by atoms with van der Waals surface area (Å²) in [4.78, 5) is 13.0. The number of anilines is 1. The molecule has 25 heavy (non-hydrogen) atoms. The average Bonchev–Trinajstić information content (AvgIpc) is 2.60. The molecule has 4 nitrogen and oxygen atoms in total. The quantitative estimate of drug-likeness (QED) is 0.572. The second-order valence-corrected chi connectivity index (χ2v) is 5.72. The Hall–Kier alpha value is -2.54. The van der Waals surface area contributed by atoms with Gasteiger partial charge in [-0.1, -0.05) is 12.1 Å². The highest BCUT2D eigenvalue weighted by molar-refractivity contribution is 7.98. The smallest absolute Gasteiger partial charge is 0.387 e. The number of hydrogen-bond donors (Lipinski definition) is 1. The first kappa shape index (κ1) is 18.8. The van der Waals surface area contributed by atoms with Crippen LogP contribution in [0.5, 0.6) is 11.5 Å². The minimum Gasteiger partial charge on any atom is -0.493 e. The van der Waals surface area contributed by atoms with Crippen molar-refractivity contribution in [1.29, 1.82) is 0 Å². The molecule has 0 heterocycles. The molecule has 2 aromatic rings. The zero-order chi connectivity index (χ0) is 18.2. The van der Waals surface area contributed by atoms with Gasteiger partial charge in [0.25, 0.3) is 0 Å². The summed E-state index contributed by atoms with van der Waals surface area (Å²) in [7, 11) is 1.35. The monoisotopic (exact) mass is 365 g/mol. The topological polar surface area (TPSA) is 47.6 Å². The zero-order valence-corrected chi connectivity index (χ0v) is 14.5. The molecule has 132 valence electrons. The van der Waals surface area contributed by atoms with Crippen molar-refractivity contribution in [2.45, 2.75) is 11.5 Å². The molecule has 0 radical (unpaired) electrons. The first-order chi connectivity index (χ1) is 12.0. The fourth-order valence-corrected chi connectivity index (χ4v) is 2.50. The van der Waals surface area contributed by atoms with Gasteiger partial charge in [-0.3, -0.25) is 4.79 Å². The number of carbonyl (C=O) groups excluding carboxylic acids is 1. The third-order valence-electron chi connectivity index (χ3n) is 3.17. The minimum atomic E-state index is -2.93. The first-order valence-corrected chi connectivity index (χ1v) is 8.50. The summed E-state index contributed by atoms with van der Waals surface area (Å²) >= 11 is 1.58. The van der Waals surface area contributed by atoms with Crippen molar-refractivity contribution < 1.29 is 23.0 Å². The number of benzene rings is 2. The third kappa shape index (κ3) is 5.79. The normalized spacial score (nSPS) is 10.9. The predicted molar refractivity (Wildman–Crippen MR) is 95.5 cm³/mol. The number of carbonyl (C=O) groups is 1. The van der Waals surface area contributed by atoms with Crippen LogP contribution in [0.15, 0.2) is 53.4 Å². The van der Waals surface area contributed by atoms with E-state index in [1.54, 1.807) is 30.0 Å². The zero-order valence-electron chi connectivity index (χ0n) is 13.7. The van der Waals surface area contributed by atoms with Crippen LogP contribution in [0.25, 0.3) is 6.08 Å². The van der Waals surface area contributed by atoms with Gasteiger partial charge in [-0.05, 0) is 48.2 Å². The van der Waals surface area contributed by atoms with Crippen LogP contribution in [0, 0.1) is 0 Å². The van der Waals surface area contributed by atoms with Gasteiger partial charge in [0.15, 0.2) is 11.5 Å². The van der Waals surface area contributed by atoms with Gasteiger partial charge < -0.3 is 14.8 Å². The highest BCUT2D eigenvalue weighted by Gasteiger charge is 2.10. The largest absolute Gasteiger partial charge is 0.493 e. The van der Waals surface area contributed by atoms with Crippen LogP contribution in [0.1, 0.15) is 5.56 Å². The van der Waals surface area contributed by atoms with Crippen molar-refractivity contribution in [1.82, 2.24) is 0 Å². The molecule has 0 spiro atoms. The summed E-state index contributed by atoms with van der Waals surface area (Å²) in [5.74, 6) is -0.200. The van der Waals surface area contributed by atoms with Crippen molar-refractivity contribution >= 4 is 29.4 Å². The van der Waals surface area contributed by atoms with Gasteiger partial charge in [0.05, 0.1) is 7.11 Å². The standard InChI is InChI=1S/C18H17F2NO3S/c1-23-16-10-12(6-8-15(16)24-18(19)20)7-9-17(22)21-13-4-3-5-14(11-13)25-2/h3-11,18H,1-2H3,(H,21,22). The van der Waals surface area contributed by atoms with E-state index in [1.807, 2.05) is 24.5 Å². The second kappa shape index (κ2) is 9.08. The lowest BCUT2D eigenvalue weighted by Gasteiger charge is -2.10. The Balaban J connectivity index is 2.06. The maximum absolute atomic E-state index is 12.3. The molecular formula is C18H17F2NO3S. The molecule has 0 fully saturated rings. The molecule has 2 aromatic carbocycles. The van der Waals surface area contributed by atoms with E-state index in [-0.39, 0.29) is 17.4 Å². The Bertz CT molecular complexity index is 766. The van der Waals surface area contributed by atoms with Crippen molar-refractivity contribution in [3.8, 4) is 11.5 Å². The molecule has 0 unspecified atom stereocenters. The highest BCUT2D eigenvalue weighted by Crippen LogP contribution is 2.29. The number of nitrogens with one attached hydrogen (secondary N) is 1. The average molecular weight is 365 g/mol. The minimum absolute atomic E-state index is 0.0621. The Morgan fingerprint density at radius 3 is 2.68 bits per heavy atom. The van der Waals surface area contributed by atoms with E-state index in [4.69, 9.17) is 4.74 Å². The molecule has 1 amide bonds. The van der Waals surface area contributed by atoms with Crippen molar-refractivity contribution in [2.75, 3.05) is 18.7 Å². The van der Waals surface area contributed by atoms with E-state index < -0.39 is 6.61 Å². The van der Waals surface area contributed by atoms with Crippen LogP contribution < -0.4 is 14.8 Å². The van der Waals surface area contributed by atoms with E-state index in [1.165, 1.54) is 25.3 Å². The third-order valence-corrected chi connectivity index (χ3v) is 3.89. The number of thioether (sulfide) groups is 1. The van der Waals surface area contributed by atoms with E-state index in [0.717, 1.165) is 4.90 Å². The first-order valence-electron chi connectivity index (χ1n) is 7.28. The summed E-state index contributed by atoms with van der Waals surface area (Å²) < 4.78 is 34.0. The van der Waals surface area contributed by atoms with Gasteiger partial charge in [0.1, 0.15) is 0 Å². The van der Waals surface area contributed by atoms with Crippen LogP contribution in [-0.4, -0.2) is 25.9 Å². The number of alkyl halides is 2. The number of rotatable bonds is 7. The summed E-state index contributed by atoms with van der Waals surface area (Å²) in [5, 5.41) is 2.76. The van der Waals surface area contributed by atoms with Gasteiger partial charge >= 0.3 is 6.61 Å². The highest BCUT2D eigenvalue weighted by atomic mass is 32.2. The number of ether oxygens (including phenoxy) is 2. The molecule has 0 bridgehead atoms. The van der Waals surface area contributed by atoms with Crippen LogP contribution in [0.2, 0.25) is 0 Å². The molecular weight excluding hydrogens is 348 g/mol. The Morgan fingerprint density at radius 2 is 2.00 bits per heavy atom. The lowest BCUT2D eigenvalue weighted by atomic mass is 10.2. The van der Waals surface area contributed by atoms with Gasteiger partial charge in [0, 0.05) is 16.7 Å². The van der Waals surface area contributed by atoms with Gasteiger partial charge in [-0.15, -0.1) is 11.8 Å². The predicted octanol–water partition coefficient (Wildman–Crippen LogP) is 4.67. The van der Waals surface area contributed by atoms with E-state index in [9.17, 15) is 13.6 Å². The molecule has 0 saturated carbocycles.